The van der Waals surface area contributed by atoms with Crippen LogP contribution in [0.3, 0.4) is 0 Å². The van der Waals surface area contributed by atoms with Crippen molar-refractivity contribution >= 4 is 11.6 Å². The van der Waals surface area contributed by atoms with Crippen molar-refractivity contribution in [1.82, 2.24) is 9.88 Å². The van der Waals surface area contributed by atoms with Crippen LogP contribution in [0.5, 0.6) is 0 Å². The number of carbonyl (C=O) groups is 1. The smallest absolute Gasteiger partial charge is 0.255 e. The van der Waals surface area contributed by atoms with Crippen molar-refractivity contribution in [2.24, 2.45) is 0 Å². The maximum absolute atomic E-state index is 11.9. The molecule has 0 saturated carbocycles. The molecule has 1 aromatic rings. The molecular weight excluding hydrogens is 190 g/mol. The molecule has 0 aliphatic carbocycles. The second-order valence-corrected chi connectivity index (χ2v) is 3.38. The summed E-state index contributed by atoms with van der Waals surface area (Å²) >= 11 is 0. The van der Waals surface area contributed by atoms with Crippen molar-refractivity contribution in [1.29, 1.82) is 0 Å². The van der Waals surface area contributed by atoms with E-state index in [2.05, 4.69) is 11.6 Å². The van der Waals surface area contributed by atoms with Gasteiger partial charge in [-0.25, -0.2) is 0 Å². The number of amides is 1. The van der Waals surface area contributed by atoms with Gasteiger partial charge in [-0.2, -0.15) is 0 Å². The van der Waals surface area contributed by atoms with E-state index in [-0.39, 0.29) is 5.91 Å². The average molecular weight is 205 g/mol. The Balaban J connectivity index is 2.99. The molecule has 1 amide bonds. The monoisotopic (exact) mass is 205 g/mol. The first-order chi connectivity index (χ1) is 7.06. The number of anilines is 1. The van der Waals surface area contributed by atoms with Crippen molar-refractivity contribution in [3.05, 3.63) is 36.2 Å². The van der Waals surface area contributed by atoms with Gasteiger partial charge in [-0.1, -0.05) is 6.08 Å². The summed E-state index contributed by atoms with van der Waals surface area (Å²) in [4.78, 5) is 17.5. The zero-order chi connectivity index (χ0) is 11.4. The van der Waals surface area contributed by atoms with Gasteiger partial charge in [-0.15, -0.1) is 6.58 Å². The Morgan fingerprint density at radius 3 is 3.00 bits per heavy atom. The summed E-state index contributed by atoms with van der Waals surface area (Å²) in [5.74, 6) is -0.0906. The minimum absolute atomic E-state index is 0.0906. The maximum atomic E-state index is 11.9. The molecule has 0 aliphatic heterocycles. The lowest BCUT2D eigenvalue weighted by Gasteiger charge is -2.16. The molecule has 0 aliphatic rings. The van der Waals surface area contributed by atoms with E-state index in [1.807, 2.05) is 0 Å². The van der Waals surface area contributed by atoms with Crippen molar-refractivity contribution in [2.45, 2.75) is 6.92 Å². The van der Waals surface area contributed by atoms with Gasteiger partial charge >= 0.3 is 0 Å². The number of pyridine rings is 1. The van der Waals surface area contributed by atoms with E-state index in [9.17, 15) is 4.79 Å². The van der Waals surface area contributed by atoms with Crippen LogP contribution in [-0.2, 0) is 0 Å². The molecule has 0 bridgehead atoms. The Labute approximate surface area is 89.4 Å². The van der Waals surface area contributed by atoms with Gasteiger partial charge in [0.2, 0.25) is 0 Å². The second-order valence-electron chi connectivity index (χ2n) is 3.38. The predicted octanol–water partition coefficient (Wildman–Crippen LogP) is 1.23. The molecule has 80 valence electrons. The molecule has 1 aromatic heterocycles. The maximum Gasteiger partial charge on any atom is 0.255 e. The minimum Gasteiger partial charge on any atom is -0.397 e. The van der Waals surface area contributed by atoms with Crippen LogP contribution < -0.4 is 5.73 Å². The number of nitrogens with zero attached hydrogens (tertiary/aromatic N) is 2. The van der Waals surface area contributed by atoms with Crippen molar-refractivity contribution in [3.8, 4) is 0 Å². The standard InChI is InChI=1S/C11H15N3O/c1-4-5-14(3)11(15)10-6-9(12)7-13-8(10)2/h4,6-7H,1,5,12H2,2-3H3. The number of aryl methyl sites for hydroxylation is 1. The Morgan fingerprint density at radius 1 is 1.73 bits per heavy atom. The highest BCUT2D eigenvalue weighted by Gasteiger charge is 2.13. The van der Waals surface area contributed by atoms with E-state index in [4.69, 9.17) is 5.73 Å². The third-order valence-electron chi connectivity index (χ3n) is 2.09. The Kier molecular flexibility index (Phi) is 3.44. The molecule has 4 heteroatoms. The quantitative estimate of drug-likeness (QED) is 0.755. The third-order valence-corrected chi connectivity index (χ3v) is 2.09. The molecule has 4 nitrogen and oxygen atoms in total. The molecule has 0 aromatic carbocycles. The summed E-state index contributed by atoms with van der Waals surface area (Å²) in [6, 6.07) is 1.64. The summed E-state index contributed by atoms with van der Waals surface area (Å²) in [5.41, 5.74) is 7.31. The lowest BCUT2D eigenvalue weighted by Crippen LogP contribution is -2.27. The average Bonchev–Trinajstić information content (AvgIpc) is 2.21. The zero-order valence-electron chi connectivity index (χ0n) is 9.03. The van der Waals surface area contributed by atoms with Crippen LogP contribution in [-0.4, -0.2) is 29.4 Å². The number of nitrogen functional groups attached to an aromatic ring is 1. The van der Waals surface area contributed by atoms with E-state index >= 15 is 0 Å². The molecule has 0 atom stereocenters. The molecule has 0 radical (unpaired) electrons. The van der Waals surface area contributed by atoms with Crippen LogP contribution in [0, 0.1) is 6.92 Å². The van der Waals surface area contributed by atoms with Gasteiger partial charge in [0.25, 0.3) is 5.91 Å². The number of hydrogen-bond donors (Lipinski definition) is 1. The summed E-state index contributed by atoms with van der Waals surface area (Å²) in [6.07, 6.45) is 3.21. The third kappa shape index (κ3) is 2.56. The Hall–Kier alpha value is -1.84. The zero-order valence-corrected chi connectivity index (χ0v) is 9.03. The normalized spacial score (nSPS) is 9.73. The largest absolute Gasteiger partial charge is 0.397 e. The van der Waals surface area contributed by atoms with Gasteiger partial charge in [0.05, 0.1) is 23.1 Å². The van der Waals surface area contributed by atoms with Crippen LogP contribution in [0.25, 0.3) is 0 Å². The van der Waals surface area contributed by atoms with Crippen LogP contribution in [0.4, 0.5) is 5.69 Å². The molecule has 15 heavy (non-hydrogen) atoms. The van der Waals surface area contributed by atoms with Crippen LogP contribution in [0.2, 0.25) is 0 Å². The molecular formula is C11H15N3O. The predicted molar refractivity (Wildman–Crippen MR) is 60.5 cm³/mol. The highest BCUT2D eigenvalue weighted by Crippen LogP contribution is 2.11. The SMILES string of the molecule is C=CCN(C)C(=O)c1cc(N)cnc1C. The molecule has 0 fully saturated rings. The fourth-order valence-corrected chi connectivity index (χ4v) is 1.25. The number of carbonyl (C=O) groups excluding carboxylic acids is 1. The first-order valence-electron chi connectivity index (χ1n) is 4.64. The fourth-order valence-electron chi connectivity index (χ4n) is 1.25. The topological polar surface area (TPSA) is 59.2 Å². The summed E-state index contributed by atoms with van der Waals surface area (Å²) < 4.78 is 0. The van der Waals surface area contributed by atoms with E-state index in [1.54, 1.807) is 37.2 Å². The van der Waals surface area contributed by atoms with Gasteiger partial charge in [0.1, 0.15) is 0 Å². The van der Waals surface area contributed by atoms with E-state index in [1.165, 1.54) is 0 Å². The Morgan fingerprint density at radius 2 is 2.40 bits per heavy atom. The number of aromatic nitrogens is 1. The van der Waals surface area contributed by atoms with Crippen LogP contribution >= 0.6 is 0 Å². The van der Waals surface area contributed by atoms with E-state index in [0.29, 0.717) is 23.5 Å². The van der Waals surface area contributed by atoms with Crippen LogP contribution in [0.1, 0.15) is 16.1 Å². The van der Waals surface area contributed by atoms with Crippen LogP contribution in [0.15, 0.2) is 24.9 Å². The van der Waals surface area contributed by atoms with Gasteiger partial charge in [0.15, 0.2) is 0 Å². The fraction of sp³-hybridized carbons (Fsp3) is 0.273. The first-order valence-corrected chi connectivity index (χ1v) is 4.64. The molecule has 0 spiro atoms. The lowest BCUT2D eigenvalue weighted by molar-refractivity contribution is 0.0809. The van der Waals surface area contributed by atoms with Crippen molar-refractivity contribution in [2.75, 3.05) is 19.3 Å². The van der Waals surface area contributed by atoms with Gasteiger partial charge < -0.3 is 10.6 Å². The van der Waals surface area contributed by atoms with E-state index in [0.717, 1.165) is 0 Å². The highest BCUT2D eigenvalue weighted by atomic mass is 16.2. The molecule has 0 unspecified atom stereocenters. The van der Waals surface area contributed by atoms with E-state index < -0.39 is 0 Å². The highest BCUT2D eigenvalue weighted by molar-refractivity contribution is 5.95. The number of likely N-dealkylation sites (N-methyl/N-ethyl adjacent to an activating group) is 1. The summed E-state index contributed by atoms with van der Waals surface area (Å²) in [6.45, 7) is 5.88. The second kappa shape index (κ2) is 4.59. The first kappa shape index (κ1) is 11.2. The summed E-state index contributed by atoms with van der Waals surface area (Å²) in [7, 11) is 1.71. The molecule has 2 N–H and O–H groups in total. The Bertz CT molecular complexity index is 387. The molecule has 1 heterocycles. The summed E-state index contributed by atoms with van der Waals surface area (Å²) in [5, 5.41) is 0. The number of nitrogens with two attached hydrogens (primary N) is 1. The minimum atomic E-state index is -0.0906. The molecule has 0 saturated heterocycles. The lowest BCUT2D eigenvalue weighted by atomic mass is 10.1. The van der Waals surface area contributed by atoms with Crippen molar-refractivity contribution < 1.29 is 4.79 Å². The number of hydrogen-bond acceptors (Lipinski definition) is 3. The molecule has 1 rings (SSSR count). The number of rotatable bonds is 3. The van der Waals surface area contributed by atoms with Gasteiger partial charge in [-0.3, -0.25) is 9.78 Å². The van der Waals surface area contributed by atoms with Gasteiger partial charge in [-0.05, 0) is 13.0 Å². The van der Waals surface area contributed by atoms with Crippen molar-refractivity contribution in [3.63, 3.8) is 0 Å². The van der Waals surface area contributed by atoms with Gasteiger partial charge in [0, 0.05) is 13.6 Å².